The van der Waals surface area contributed by atoms with E-state index in [1.54, 1.807) is 6.08 Å². The summed E-state index contributed by atoms with van der Waals surface area (Å²) >= 11 is 0. The first-order valence-electron chi connectivity index (χ1n) is 4.86. The number of rotatable bonds is 4. The fourth-order valence-corrected chi connectivity index (χ4v) is 1.10. The van der Waals surface area contributed by atoms with Crippen LogP contribution in [0.2, 0.25) is 0 Å². The molecule has 1 heteroatoms. The number of allylic oxidation sites excluding steroid dienone is 3. The van der Waals surface area contributed by atoms with E-state index >= 15 is 0 Å². The van der Waals surface area contributed by atoms with E-state index in [0.717, 1.165) is 17.1 Å². The van der Waals surface area contributed by atoms with Gasteiger partial charge < -0.3 is 4.74 Å². The minimum atomic E-state index is 0.744. The molecule has 0 radical (unpaired) electrons. The van der Waals surface area contributed by atoms with Crippen LogP contribution in [-0.2, 0) is 0 Å². The Morgan fingerprint density at radius 3 is 2.33 bits per heavy atom. The van der Waals surface area contributed by atoms with E-state index < -0.39 is 0 Å². The summed E-state index contributed by atoms with van der Waals surface area (Å²) in [6, 6.07) is 7.91. The van der Waals surface area contributed by atoms with E-state index in [0.29, 0.717) is 0 Å². The Balaban J connectivity index is 2.83. The maximum atomic E-state index is 5.66. The van der Waals surface area contributed by atoms with Crippen molar-refractivity contribution in [2.75, 3.05) is 0 Å². The lowest BCUT2D eigenvalue weighted by molar-refractivity contribution is 0.436. The fourth-order valence-electron chi connectivity index (χ4n) is 1.10. The van der Waals surface area contributed by atoms with Gasteiger partial charge in [0.05, 0.1) is 0 Å². The van der Waals surface area contributed by atoms with Crippen LogP contribution >= 0.6 is 0 Å². The van der Waals surface area contributed by atoms with Gasteiger partial charge in [0.25, 0.3) is 0 Å². The fraction of sp³-hybridized carbons (Fsp3) is 0.143. The highest BCUT2D eigenvalue weighted by molar-refractivity contribution is 5.32. The molecule has 78 valence electrons. The maximum Gasteiger partial charge on any atom is 0.129 e. The van der Waals surface area contributed by atoms with Gasteiger partial charge in [-0.25, -0.2) is 0 Å². The zero-order valence-corrected chi connectivity index (χ0v) is 9.29. The lowest BCUT2D eigenvalue weighted by Gasteiger charge is -2.09. The molecule has 0 spiro atoms. The second kappa shape index (κ2) is 5.20. The van der Waals surface area contributed by atoms with Crippen LogP contribution in [-0.4, -0.2) is 0 Å². The van der Waals surface area contributed by atoms with Crippen LogP contribution in [0.5, 0.6) is 5.75 Å². The Labute approximate surface area is 91.4 Å². The van der Waals surface area contributed by atoms with E-state index in [2.05, 4.69) is 13.2 Å². The predicted molar refractivity (Wildman–Crippen MR) is 64.9 cm³/mol. The van der Waals surface area contributed by atoms with Crippen molar-refractivity contribution in [3.63, 3.8) is 0 Å². The predicted octanol–water partition coefficient (Wildman–Crippen LogP) is 4.02. The molecule has 1 nitrogen and oxygen atoms in total. The van der Waals surface area contributed by atoms with E-state index in [4.69, 9.17) is 4.74 Å². The largest absolute Gasteiger partial charge is 0.457 e. The zero-order chi connectivity index (χ0) is 11.3. The molecule has 0 saturated carbocycles. The standard InChI is InChI=1S/C14H16O/c1-5-6-14(11(2)3)15-13-9-7-12(4)8-10-13/h5-10H,1-2H2,3-4H3/b14-6+. The van der Waals surface area contributed by atoms with E-state index in [-0.39, 0.29) is 0 Å². The van der Waals surface area contributed by atoms with Gasteiger partial charge in [-0.1, -0.05) is 36.9 Å². The molecule has 1 aromatic carbocycles. The topological polar surface area (TPSA) is 9.23 Å². The number of ether oxygens (including phenoxy) is 1. The Morgan fingerprint density at radius 2 is 1.87 bits per heavy atom. The quantitative estimate of drug-likeness (QED) is 0.527. The number of hydrogen-bond donors (Lipinski definition) is 0. The summed E-state index contributed by atoms with van der Waals surface area (Å²) < 4.78 is 5.66. The zero-order valence-electron chi connectivity index (χ0n) is 9.29. The third-order valence-electron chi connectivity index (χ3n) is 1.94. The highest BCUT2D eigenvalue weighted by Gasteiger charge is 2.00. The molecular weight excluding hydrogens is 184 g/mol. The number of hydrogen-bond acceptors (Lipinski definition) is 1. The lowest BCUT2D eigenvalue weighted by Crippen LogP contribution is -1.95. The molecule has 0 heterocycles. The van der Waals surface area contributed by atoms with E-state index in [1.165, 1.54) is 5.56 Å². The van der Waals surface area contributed by atoms with E-state index in [9.17, 15) is 0 Å². The minimum absolute atomic E-state index is 0.744. The monoisotopic (exact) mass is 200 g/mol. The molecule has 0 amide bonds. The second-order valence-electron chi connectivity index (χ2n) is 3.46. The molecule has 0 aliphatic carbocycles. The molecule has 0 saturated heterocycles. The number of benzene rings is 1. The summed E-state index contributed by atoms with van der Waals surface area (Å²) in [5.74, 6) is 1.56. The molecule has 15 heavy (non-hydrogen) atoms. The van der Waals surface area contributed by atoms with Crippen molar-refractivity contribution in [1.29, 1.82) is 0 Å². The van der Waals surface area contributed by atoms with Gasteiger partial charge in [-0.05, 0) is 37.6 Å². The third-order valence-corrected chi connectivity index (χ3v) is 1.94. The Hall–Kier alpha value is -1.76. The molecule has 0 aliphatic rings. The Morgan fingerprint density at radius 1 is 1.27 bits per heavy atom. The average Bonchev–Trinajstić information content (AvgIpc) is 2.20. The second-order valence-corrected chi connectivity index (χ2v) is 3.46. The molecule has 0 fully saturated rings. The first kappa shape index (κ1) is 11.3. The van der Waals surface area contributed by atoms with Crippen LogP contribution in [0.1, 0.15) is 12.5 Å². The van der Waals surface area contributed by atoms with Gasteiger partial charge in [-0.3, -0.25) is 0 Å². The van der Waals surface area contributed by atoms with Crippen molar-refractivity contribution < 1.29 is 4.74 Å². The Bertz CT molecular complexity index is 382. The first-order chi connectivity index (χ1) is 7.13. The molecular formula is C14H16O. The summed E-state index contributed by atoms with van der Waals surface area (Å²) in [6.45, 7) is 11.4. The Kier molecular flexibility index (Phi) is 3.92. The molecule has 1 rings (SSSR count). The summed E-state index contributed by atoms with van der Waals surface area (Å²) in [6.07, 6.45) is 3.50. The van der Waals surface area contributed by atoms with Crippen molar-refractivity contribution in [1.82, 2.24) is 0 Å². The molecule has 0 aliphatic heterocycles. The van der Waals surface area contributed by atoms with Gasteiger partial charge in [0, 0.05) is 0 Å². The summed E-state index contributed by atoms with van der Waals surface area (Å²) in [5.41, 5.74) is 2.10. The van der Waals surface area contributed by atoms with Gasteiger partial charge in [0.2, 0.25) is 0 Å². The lowest BCUT2D eigenvalue weighted by atomic mass is 10.2. The van der Waals surface area contributed by atoms with Crippen LogP contribution in [0.25, 0.3) is 0 Å². The van der Waals surface area contributed by atoms with Crippen molar-refractivity contribution >= 4 is 0 Å². The van der Waals surface area contributed by atoms with Crippen molar-refractivity contribution in [3.8, 4) is 5.75 Å². The van der Waals surface area contributed by atoms with Crippen LogP contribution in [0.3, 0.4) is 0 Å². The summed E-state index contributed by atoms with van der Waals surface area (Å²) in [5, 5.41) is 0. The summed E-state index contributed by atoms with van der Waals surface area (Å²) in [7, 11) is 0. The molecule has 0 bridgehead atoms. The van der Waals surface area contributed by atoms with Gasteiger partial charge in [-0.15, -0.1) is 0 Å². The molecule has 1 aromatic rings. The molecule has 0 unspecified atom stereocenters. The van der Waals surface area contributed by atoms with Gasteiger partial charge in [0.15, 0.2) is 0 Å². The minimum Gasteiger partial charge on any atom is -0.457 e. The van der Waals surface area contributed by atoms with Gasteiger partial charge >= 0.3 is 0 Å². The van der Waals surface area contributed by atoms with E-state index in [1.807, 2.05) is 44.2 Å². The van der Waals surface area contributed by atoms with Crippen LogP contribution in [0.4, 0.5) is 0 Å². The number of aryl methyl sites for hydroxylation is 1. The average molecular weight is 200 g/mol. The molecule has 0 N–H and O–H groups in total. The molecule has 0 atom stereocenters. The third kappa shape index (κ3) is 3.47. The SMILES string of the molecule is C=C/C=C(/Oc1ccc(C)cc1)C(=C)C. The van der Waals surface area contributed by atoms with Gasteiger partial charge in [0.1, 0.15) is 11.5 Å². The molecule has 0 aromatic heterocycles. The van der Waals surface area contributed by atoms with Crippen LogP contribution < -0.4 is 4.74 Å². The highest BCUT2D eigenvalue weighted by Crippen LogP contribution is 2.18. The maximum absolute atomic E-state index is 5.66. The van der Waals surface area contributed by atoms with Gasteiger partial charge in [-0.2, -0.15) is 0 Å². The van der Waals surface area contributed by atoms with Crippen LogP contribution in [0, 0.1) is 6.92 Å². The highest BCUT2D eigenvalue weighted by atomic mass is 16.5. The van der Waals surface area contributed by atoms with Crippen molar-refractivity contribution in [2.45, 2.75) is 13.8 Å². The van der Waals surface area contributed by atoms with Crippen molar-refractivity contribution in [3.05, 3.63) is 66.5 Å². The van der Waals surface area contributed by atoms with Crippen molar-refractivity contribution in [2.24, 2.45) is 0 Å². The van der Waals surface area contributed by atoms with Crippen LogP contribution in [0.15, 0.2) is 60.9 Å². The smallest absolute Gasteiger partial charge is 0.129 e. The normalized spacial score (nSPS) is 10.9. The first-order valence-corrected chi connectivity index (χ1v) is 4.86. The summed E-state index contributed by atoms with van der Waals surface area (Å²) in [4.78, 5) is 0.